The minimum Gasteiger partial charge on any atom is -0.486 e. The summed E-state index contributed by atoms with van der Waals surface area (Å²) in [5.41, 5.74) is 1.90. The number of amides is 1. The number of nitrogens with one attached hydrogen (secondary N) is 1. The summed E-state index contributed by atoms with van der Waals surface area (Å²) in [6, 6.07) is 7.97. The minimum absolute atomic E-state index is 0.0967. The average Bonchev–Trinajstić information content (AvgIpc) is 3.23. The van der Waals surface area contributed by atoms with Crippen molar-refractivity contribution in [2.45, 2.75) is 25.8 Å². The lowest BCUT2D eigenvalue weighted by Gasteiger charge is -2.26. The van der Waals surface area contributed by atoms with Crippen molar-refractivity contribution >= 4 is 11.8 Å². The second kappa shape index (κ2) is 6.76. The van der Waals surface area contributed by atoms with Gasteiger partial charge in [0, 0.05) is 12.1 Å². The molecule has 1 saturated heterocycles. The summed E-state index contributed by atoms with van der Waals surface area (Å²) in [5.74, 6) is 1.87. The molecule has 3 heterocycles. The van der Waals surface area contributed by atoms with Crippen LogP contribution < -0.4 is 14.8 Å². The average molecular weight is 343 g/mol. The summed E-state index contributed by atoms with van der Waals surface area (Å²) in [6.07, 6.45) is 2.09. The molecule has 2 aliphatic rings. The summed E-state index contributed by atoms with van der Waals surface area (Å²) >= 11 is 0. The highest BCUT2D eigenvalue weighted by atomic mass is 16.6. The fourth-order valence-corrected chi connectivity index (χ4v) is 3.44. The van der Waals surface area contributed by atoms with Crippen molar-refractivity contribution < 1.29 is 18.8 Å². The highest BCUT2D eigenvalue weighted by Gasteiger charge is 2.29. The van der Waals surface area contributed by atoms with E-state index in [1.807, 2.05) is 19.1 Å². The number of rotatable bonds is 4. The van der Waals surface area contributed by atoms with Crippen molar-refractivity contribution in [2.24, 2.45) is 0 Å². The summed E-state index contributed by atoms with van der Waals surface area (Å²) in [4.78, 5) is 14.5. The number of nitrogens with zero attached hydrogens (tertiary/aromatic N) is 2. The van der Waals surface area contributed by atoms with E-state index in [2.05, 4.69) is 21.4 Å². The smallest absolute Gasteiger partial charge is 0.240 e. The standard InChI is InChI=1S/C18H21N3O4/c1-12-9-18(25-20-12)19-17(22)11-21-6-2-3-14(21)13-4-5-15-16(10-13)24-8-7-23-15/h4-5,9-10,14H,2-3,6-8,11H2,1H3,(H,19,22). The number of aryl methyl sites for hydroxylation is 1. The summed E-state index contributed by atoms with van der Waals surface area (Å²) in [6.45, 7) is 4.19. The molecule has 4 rings (SSSR count). The van der Waals surface area contributed by atoms with Crippen molar-refractivity contribution in [2.75, 3.05) is 31.6 Å². The van der Waals surface area contributed by atoms with Gasteiger partial charge in [-0.15, -0.1) is 0 Å². The molecule has 1 fully saturated rings. The lowest BCUT2D eigenvalue weighted by molar-refractivity contribution is -0.117. The van der Waals surface area contributed by atoms with Gasteiger partial charge in [0.1, 0.15) is 13.2 Å². The quantitative estimate of drug-likeness (QED) is 0.919. The van der Waals surface area contributed by atoms with E-state index < -0.39 is 0 Å². The van der Waals surface area contributed by atoms with Crippen LogP contribution in [-0.4, -0.2) is 42.3 Å². The maximum absolute atomic E-state index is 12.3. The van der Waals surface area contributed by atoms with Crippen LogP contribution in [0, 0.1) is 6.92 Å². The number of likely N-dealkylation sites (tertiary alicyclic amines) is 1. The van der Waals surface area contributed by atoms with Crippen LogP contribution in [0.15, 0.2) is 28.8 Å². The number of hydrogen-bond acceptors (Lipinski definition) is 6. The Kier molecular flexibility index (Phi) is 4.31. The molecule has 2 aromatic rings. The third-order valence-corrected chi connectivity index (χ3v) is 4.55. The Labute approximate surface area is 145 Å². The SMILES string of the molecule is Cc1cc(NC(=O)CN2CCCC2c2ccc3c(c2)OCCO3)on1. The summed E-state index contributed by atoms with van der Waals surface area (Å²) in [5, 5.41) is 6.53. The van der Waals surface area contributed by atoms with Crippen molar-refractivity contribution in [3.05, 3.63) is 35.5 Å². The third-order valence-electron chi connectivity index (χ3n) is 4.55. The van der Waals surface area contributed by atoms with Gasteiger partial charge in [0.05, 0.1) is 12.2 Å². The Morgan fingerprint density at radius 2 is 2.12 bits per heavy atom. The van der Waals surface area contributed by atoms with Gasteiger partial charge in [-0.25, -0.2) is 0 Å². The van der Waals surface area contributed by atoms with Gasteiger partial charge in [0.2, 0.25) is 11.8 Å². The molecular formula is C18H21N3O4. The van der Waals surface area contributed by atoms with Crippen LogP contribution in [0.3, 0.4) is 0 Å². The van der Waals surface area contributed by atoms with Crippen LogP contribution in [0.2, 0.25) is 0 Å². The fourth-order valence-electron chi connectivity index (χ4n) is 3.44. The summed E-state index contributed by atoms with van der Waals surface area (Å²) in [7, 11) is 0. The Balaban J connectivity index is 1.44. The molecule has 132 valence electrons. The van der Waals surface area contributed by atoms with Crippen molar-refractivity contribution in [3.8, 4) is 11.5 Å². The van der Waals surface area contributed by atoms with E-state index in [0.717, 1.165) is 42.1 Å². The van der Waals surface area contributed by atoms with Gasteiger partial charge in [-0.3, -0.25) is 15.0 Å². The van der Waals surface area contributed by atoms with Crippen LogP contribution >= 0.6 is 0 Å². The molecule has 7 nitrogen and oxygen atoms in total. The van der Waals surface area contributed by atoms with Gasteiger partial charge in [-0.1, -0.05) is 11.2 Å². The third kappa shape index (κ3) is 3.46. The normalized spacial score (nSPS) is 19.8. The number of carbonyl (C=O) groups excluding carboxylic acids is 1. The van der Waals surface area contributed by atoms with Crippen molar-refractivity contribution in [1.82, 2.24) is 10.1 Å². The van der Waals surface area contributed by atoms with Crippen LogP contribution in [0.25, 0.3) is 0 Å². The molecule has 1 aromatic carbocycles. The second-order valence-electron chi connectivity index (χ2n) is 6.41. The molecule has 0 spiro atoms. The number of benzene rings is 1. The van der Waals surface area contributed by atoms with Crippen LogP contribution in [0.1, 0.15) is 30.1 Å². The molecule has 0 aliphatic carbocycles. The number of aromatic nitrogens is 1. The Morgan fingerprint density at radius 1 is 1.28 bits per heavy atom. The van der Waals surface area contributed by atoms with E-state index in [0.29, 0.717) is 25.6 Å². The zero-order valence-electron chi connectivity index (χ0n) is 14.2. The zero-order chi connectivity index (χ0) is 17.2. The Hall–Kier alpha value is -2.54. The molecule has 7 heteroatoms. The van der Waals surface area contributed by atoms with Crippen LogP contribution in [0.5, 0.6) is 11.5 Å². The molecule has 1 aromatic heterocycles. The van der Waals surface area contributed by atoms with E-state index in [1.165, 1.54) is 0 Å². The topological polar surface area (TPSA) is 76.8 Å². The van der Waals surface area contributed by atoms with Crippen molar-refractivity contribution in [3.63, 3.8) is 0 Å². The molecule has 1 N–H and O–H groups in total. The number of anilines is 1. The number of fused-ring (bicyclic) bond motifs is 1. The monoisotopic (exact) mass is 343 g/mol. The lowest BCUT2D eigenvalue weighted by Crippen LogP contribution is -2.32. The van der Waals surface area contributed by atoms with Gasteiger partial charge in [-0.05, 0) is 44.0 Å². The van der Waals surface area contributed by atoms with Gasteiger partial charge in [0.15, 0.2) is 11.5 Å². The van der Waals surface area contributed by atoms with Crippen LogP contribution in [0.4, 0.5) is 5.88 Å². The predicted octanol–water partition coefficient (Wildman–Crippen LogP) is 2.53. The fraction of sp³-hybridized carbons (Fsp3) is 0.444. The first kappa shape index (κ1) is 16.0. The van der Waals surface area contributed by atoms with Crippen LogP contribution in [-0.2, 0) is 4.79 Å². The van der Waals surface area contributed by atoms with Gasteiger partial charge >= 0.3 is 0 Å². The highest BCUT2D eigenvalue weighted by Crippen LogP contribution is 2.37. The van der Waals surface area contributed by atoms with Gasteiger partial charge in [0.25, 0.3) is 0 Å². The van der Waals surface area contributed by atoms with E-state index in [4.69, 9.17) is 14.0 Å². The number of carbonyl (C=O) groups is 1. The van der Waals surface area contributed by atoms with Crippen molar-refractivity contribution in [1.29, 1.82) is 0 Å². The maximum Gasteiger partial charge on any atom is 0.240 e. The molecule has 2 aliphatic heterocycles. The first-order chi connectivity index (χ1) is 12.2. The highest BCUT2D eigenvalue weighted by molar-refractivity contribution is 5.91. The number of hydrogen-bond donors (Lipinski definition) is 1. The molecule has 1 unspecified atom stereocenters. The Morgan fingerprint density at radius 3 is 2.92 bits per heavy atom. The molecule has 0 bridgehead atoms. The largest absolute Gasteiger partial charge is 0.486 e. The number of ether oxygens (including phenoxy) is 2. The molecular weight excluding hydrogens is 322 g/mol. The minimum atomic E-state index is -0.0967. The van der Waals surface area contributed by atoms with E-state index in [9.17, 15) is 4.79 Å². The molecule has 25 heavy (non-hydrogen) atoms. The van der Waals surface area contributed by atoms with Gasteiger partial charge in [-0.2, -0.15) is 0 Å². The molecule has 0 saturated carbocycles. The summed E-state index contributed by atoms with van der Waals surface area (Å²) < 4.78 is 16.3. The maximum atomic E-state index is 12.3. The van der Waals surface area contributed by atoms with E-state index in [1.54, 1.807) is 6.07 Å². The zero-order valence-corrected chi connectivity index (χ0v) is 14.2. The molecule has 1 atom stereocenters. The molecule has 0 radical (unpaired) electrons. The first-order valence-electron chi connectivity index (χ1n) is 8.56. The predicted molar refractivity (Wildman–Crippen MR) is 90.8 cm³/mol. The lowest BCUT2D eigenvalue weighted by atomic mass is 10.0. The first-order valence-corrected chi connectivity index (χ1v) is 8.56. The second-order valence-corrected chi connectivity index (χ2v) is 6.41. The van der Waals surface area contributed by atoms with Gasteiger partial charge < -0.3 is 14.0 Å². The Bertz CT molecular complexity index is 773. The van der Waals surface area contributed by atoms with E-state index >= 15 is 0 Å². The molecule has 1 amide bonds. The van der Waals surface area contributed by atoms with E-state index in [-0.39, 0.29) is 11.9 Å².